The molecule has 2 rings (SSSR count). The quantitative estimate of drug-likeness (QED) is 0.653. The molecule has 1 aromatic carbocycles. The number of hydrogen-bond donors (Lipinski definition) is 3. The van der Waals surface area contributed by atoms with Crippen molar-refractivity contribution in [3.05, 3.63) is 42.7 Å². The molecule has 2 amide bonds. The van der Waals surface area contributed by atoms with Gasteiger partial charge in [0.05, 0.1) is 25.0 Å². The summed E-state index contributed by atoms with van der Waals surface area (Å²) in [6.45, 7) is 6.00. The summed E-state index contributed by atoms with van der Waals surface area (Å²) in [5, 5.41) is 13.3. The summed E-state index contributed by atoms with van der Waals surface area (Å²) in [5.74, 6) is 0.373. The number of nitrogens with zero attached hydrogens (tertiary/aromatic N) is 2. The molecule has 0 aliphatic heterocycles. The smallest absolute Gasteiger partial charge is 0.319 e. The molecule has 0 aliphatic carbocycles. The van der Waals surface area contributed by atoms with E-state index in [1.165, 1.54) is 0 Å². The highest BCUT2D eigenvalue weighted by atomic mass is 16.5. The first kappa shape index (κ1) is 18.8. The first-order valence-electron chi connectivity index (χ1n) is 8.46. The van der Waals surface area contributed by atoms with Crippen molar-refractivity contribution in [2.75, 3.05) is 30.9 Å². The Bertz CT molecular complexity index is 642. The number of benzene rings is 1. The number of amides is 2. The van der Waals surface area contributed by atoms with Crippen molar-refractivity contribution < 1.29 is 9.53 Å². The standard InChI is InChI=1S/C18H27N5O2/c1-14(2)17(21-15-7-5-4-6-8-15)12-19-18(24)22-16-11-20-23(13-16)9-10-25-3/h4-8,11,13-14,17,21H,9-10,12H2,1-3H3,(H2,19,22,24)/t17-/m0/s1. The van der Waals surface area contributed by atoms with Crippen molar-refractivity contribution in [3.8, 4) is 0 Å². The maximum atomic E-state index is 12.1. The number of hydrogen-bond acceptors (Lipinski definition) is 4. The molecule has 0 aliphatic rings. The van der Waals surface area contributed by atoms with Gasteiger partial charge in [0.15, 0.2) is 0 Å². The maximum absolute atomic E-state index is 12.1. The van der Waals surface area contributed by atoms with Crippen molar-refractivity contribution in [2.24, 2.45) is 5.92 Å². The minimum Gasteiger partial charge on any atom is -0.383 e. The van der Waals surface area contributed by atoms with Crippen LogP contribution < -0.4 is 16.0 Å². The van der Waals surface area contributed by atoms with E-state index in [1.54, 1.807) is 24.2 Å². The van der Waals surface area contributed by atoms with Gasteiger partial charge >= 0.3 is 6.03 Å². The lowest BCUT2D eigenvalue weighted by Gasteiger charge is -2.24. The molecule has 0 unspecified atom stereocenters. The second-order valence-corrected chi connectivity index (χ2v) is 6.18. The molecule has 0 bridgehead atoms. The molecule has 0 saturated carbocycles. The summed E-state index contributed by atoms with van der Waals surface area (Å²) in [7, 11) is 1.64. The van der Waals surface area contributed by atoms with Gasteiger partial charge in [0.25, 0.3) is 0 Å². The number of anilines is 2. The van der Waals surface area contributed by atoms with Crippen molar-refractivity contribution in [3.63, 3.8) is 0 Å². The van der Waals surface area contributed by atoms with E-state index in [2.05, 4.69) is 34.9 Å². The zero-order valence-electron chi connectivity index (χ0n) is 15.0. The molecular weight excluding hydrogens is 318 g/mol. The molecule has 3 N–H and O–H groups in total. The lowest BCUT2D eigenvalue weighted by Crippen LogP contribution is -2.41. The third-order valence-corrected chi connectivity index (χ3v) is 3.83. The van der Waals surface area contributed by atoms with E-state index in [0.717, 1.165) is 5.69 Å². The Morgan fingerprint density at radius 3 is 2.68 bits per heavy atom. The summed E-state index contributed by atoms with van der Waals surface area (Å²) in [6, 6.07) is 9.88. The van der Waals surface area contributed by atoms with E-state index in [9.17, 15) is 4.79 Å². The normalized spacial score (nSPS) is 12.0. The molecule has 1 heterocycles. The van der Waals surface area contributed by atoms with Crippen LogP contribution >= 0.6 is 0 Å². The minimum absolute atomic E-state index is 0.137. The second-order valence-electron chi connectivity index (χ2n) is 6.18. The molecule has 7 nitrogen and oxygen atoms in total. The Morgan fingerprint density at radius 2 is 2.00 bits per heavy atom. The van der Waals surface area contributed by atoms with Crippen molar-refractivity contribution in [1.29, 1.82) is 0 Å². The van der Waals surface area contributed by atoms with Crippen molar-refractivity contribution in [2.45, 2.75) is 26.4 Å². The number of methoxy groups -OCH3 is 1. The van der Waals surface area contributed by atoms with Crippen LogP contribution in [-0.4, -0.2) is 42.1 Å². The van der Waals surface area contributed by atoms with Crippen LogP contribution in [0, 0.1) is 5.92 Å². The molecule has 1 atom stereocenters. The molecule has 0 radical (unpaired) electrons. The number of nitrogens with one attached hydrogen (secondary N) is 3. The van der Waals surface area contributed by atoms with Crippen LogP contribution in [0.25, 0.3) is 0 Å². The number of para-hydroxylation sites is 1. The number of carbonyl (C=O) groups is 1. The summed E-state index contributed by atoms with van der Waals surface area (Å²) in [6.07, 6.45) is 3.40. The van der Waals surface area contributed by atoms with E-state index in [4.69, 9.17) is 4.74 Å². The lowest BCUT2D eigenvalue weighted by atomic mass is 10.0. The van der Waals surface area contributed by atoms with Crippen LogP contribution in [0.15, 0.2) is 42.7 Å². The predicted molar refractivity (Wildman–Crippen MR) is 99.8 cm³/mol. The fourth-order valence-electron chi connectivity index (χ4n) is 2.32. The van der Waals surface area contributed by atoms with E-state index in [1.807, 2.05) is 30.3 Å². The van der Waals surface area contributed by atoms with Gasteiger partial charge in [-0.05, 0) is 18.1 Å². The molecule has 0 spiro atoms. The Balaban J connectivity index is 1.81. The molecule has 25 heavy (non-hydrogen) atoms. The summed E-state index contributed by atoms with van der Waals surface area (Å²) in [5.41, 5.74) is 1.70. The molecule has 2 aromatic rings. The average molecular weight is 345 g/mol. The monoisotopic (exact) mass is 345 g/mol. The second kappa shape index (κ2) is 9.68. The van der Waals surface area contributed by atoms with E-state index in [-0.39, 0.29) is 12.1 Å². The third-order valence-electron chi connectivity index (χ3n) is 3.83. The van der Waals surface area contributed by atoms with Gasteiger partial charge < -0.3 is 20.7 Å². The first-order valence-corrected chi connectivity index (χ1v) is 8.46. The largest absolute Gasteiger partial charge is 0.383 e. The van der Waals surface area contributed by atoms with Gasteiger partial charge in [-0.15, -0.1) is 0 Å². The summed E-state index contributed by atoms with van der Waals surface area (Å²) < 4.78 is 6.73. The highest BCUT2D eigenvalue weighted by Gasteiger charge is 2.14. The van der Waals surface area contributed by atoms with Crippen molar-refractivity contribution >= 4 is 17.4 Å². The van der Waals surface area contributed by atoms with Gasteiger partial charge in [0.2, 0.25) is 0 Å². The summed E-state index contributed by atoms with van der Waals surface area (Å²) >= 11 is 0. The number of aromatic nitrogens is 2. The molecule has 0 fully saturated rings. The average Bonchev–Trinajstić information content (AvgIpc) is 3.04. The predicted octanol–water partition coefficient (Wildman–Crippen LogP) is 2.79. The van der Waals surface area contributed by atoms with E-state index >= 15 is 0 Å². The van der Waals surface area contributed by atoms with Crippen molar-refractivity contribution in [1.82, 2.24) is 15.1 Å². The van der Waals surface area contributed by atoms with Gasteiger partial charge in [-0.1, -0.05) is 32.0 Å². The molecule has 7 heteroatoms. The zero-order valence-corrected chi connectivity index (χ0v) is 15.0. The van der Waals surface area contributed by atoms with Crippen LogP contribution in [0.4, 0.5) is 16.2 Å². The Kier molecular flexibility index (Phi) is 7.28. The van der Waals surface area contributed by atoms with Crippen LogP contribution in [0.1, 0.15) is 13.8 Å². The minimum atomic E-state index is -0.244. The van der Waals surface area contributed by atoms with E-state index in [0.29, 0.717) is 31.3 Å². The molecule has 136 valence electrons. The Morgan fingerprint density at radius 1 is 1.24 bits per heavy atom. The highest BCUT2D eigenvalue weighted by Crippen LogP contribution is 2.12. The van der Waals surface area contributed by atoms with Crippen LogP contribution in [-0.2, 0) is 11.3 Å². The van der Waals surface area contributed by atoms with Gasteiger partial charge in [0.1, 0.15) is 0 Å². The molecular formula is C18H27N5O2. The number of carbonyl (C=O) groups excluding carboxylic acids is 1. The molecule has 0 saturated heterocycles. The number of ether oxygens (including phenoxy) is 1. The Hall–Kier alpha value is -2.54. The van der Waals surface area contributed by atoms with E-state index < -0.39 is 0 Å². The molecule has 1 aromatic heterocycles. The zero-order chi connectivity index (χ0) is 18.1. The SMILES string of the molecule is COCCn1cc(NC(=O)NC[C@H](Nc2ccccc2)C(C)C)cn1. The third kappa shape index (κ3) is 6.46. The van der Waals surface area contributed by atoms with Crippen LogP contribution in [0.2, 0.25) is 0 Å². The highest BCUT2D eigenvalue weighted by molar-refractivity contribution is 5.88. The number of urea groups is 1. The van der Waals surface area contributed by atoms with Gasteiger partial charge in [-0.2, -0.15) is 5.10 Å². The van der Waals surface area contributed by atoms with Crippen LogP contribution in [0.3, 0.4) is 0 Å². The van der Waals surface area contributed by atoms with Crippen LogP contribution in [0.5, 0.6) is 0 Å². The fourth-order valence-corrected chi connectivity index (χ4v) is 2.32. The Labute approximate surface area is 148 Å². The number of rotatable bonds is 9. The fraction of sp³-hybridized carbons (Fsp3) is 0.444. The maximum Gasteiger partial charge on any atom is 0.319 e. The van der Waals surface area contributed by atoms with Gasteiger partial charge in [-0.25, -0.2) is 4.79 Å². The van der Waals surface area contributed by atoms with Gasteiger partial charge in [-0.3, -0.25) is 4.68 Å². The summed E-state index contributed by atoms with van der Waals surface area (Å²) in [4.78, 5) is 12.1. The topological polar surface area (TPSA) is 80.2 Å². The first-order chi connectivity index (χ1) is 12.1. The lowest BCUT2D eigenvalue weighted by molar-refractivity contribution is 0.183. The van der Waals surface area contributed by atoms with Gasteiger partial charge in [0, 0.05) is 31.6 Å².